The number of aliphatic hydroxyl groups is 2. The molecule has 3 atom stereocenters. The van der Waals surface area contributed by atoms with Crippen molar-refractivity contribution in [2.45, 2.75) is 315 Å². The molecule has 366 valence electrons. The zero-order chi connectivity index (χ0) is 45.2. The zero-order valence-corrected chi connectivity index (χ0v) is 41.8. The Hall–Kier alpha value is -1.66. The smallest absolute Gasteiger partial charge is 0.306 e. The summed E-state index contributed by atoms with van der Waals surface area (Å²) in [4.78, 5) is 26.2. The lowest BCUT2D eigenvalue weighted by Gasteiger charge is -2.24. The van der Waals surface area contributed by atoms with Crippen LogP contribution in [0.5, 0.6) is 0 Å². The minimum absolute atomic E-state index is 0.0735. The number of carbonyl (C=O) groups excluding carboxylic acids is 2. The van der Waals surface area contributed by atoms with Gasteiger partial charge in [0, 0.05) is 6.42 Å². The average molecular weight is 874 g/mol. The summed E-state index contributed by atoms with van der Waals surface area (Å²) < 4.78 is 5.94. The molecule has 0 aromatic rings. The number of allylic oxidation sites excluding steroid dienone is 4. The van der Waals surface area contributed by atoms with E-state index in [9.17, 15) is 19.8 Å². The molecule has 0 aliphatic heterocycles. The lowest BCUT2D eigenvalue weighted by molar-refractivity contribution is -0.151. The molecule has 62 heavy (non-hydrogen) atoms. The van der Waals surface area contributed by atoms with Crippen LogP contribution in [0.15, 0.2) is 24.3 Å². The van der Waals surface area contributed by atoms with Gasteiger partial charge in [-0.3, -0.25) is 9.59 Å². The van der Waals surface area contributed by atoms with Crippen LogP contribution in [0, 0.1) is 0 Å². The van der Waals surface area contributed by atoms with Crippen molar-refractivity contribution in [1.29, 1.82) is 0 Å². The highest BCUT2D eigenvalue weighted by Crippen LogP contribution is 2.19. The maximum absolute atomic E-state index is 13.2. The molecule has 0 spiro atoms. The van der Waals surface area contributed by atoms with Crippen molar-refractivity contribution in [2.75, 3.05) is 6.61 Å². The normalized spacial score (nSPS) is 13.3. The predicted molar refractivity (Wildman–Crippen MR) is 269 cm³/mol. The molecule has 0 radical (unpaired) electrons. The molecule has 1 amide bonds. The van der Waals surface area contributed by atoms with Gasteiger partial charge in [0.25, 0.3) is 0 Å². The van der Waals surface area contributed by atoms with E-state index in [1.165, 1.54) is 180 Å². The van der Waals surface area contributed by atoms with Crippen LogP contribution in [0.2, 0.25) is 0 Å². The third-order valence-corrected chi connectivity index (χ3v) is 12.8. The first kappa shape index (κ1) is 60.3. The van der Waals surface area contributed by atoms with Crippen LogP contribution in [-0.2, 0) is 14.3 Å². The molecule has 3 unspecified atom stereocenters. The fourth-order valence-electron chi connectivity index (χ4n) is 8.65. The second-order valence-corrected chi connectivity index (χ2v) is 19.0. The summed E-state index contributed by atoms with van der Waals surface area (Å²) in [7, 11) is 0. The molecule has 3 N–H and O–H groups in total. The summed E-state index contributed by atoms with van der Waals surface area (Å²) in [6, 6.07) is -0.702. The topological polar surface area (TPSA) is 95.9 Å². The van der Waals surface area contributed by atoms with Gasteiger partial charge in [0.05, 0.1) is 25.2 Å². The third kappa shape index (κ3) is 44.9. The minimum Gasteiger partial charge on any atom is -0.462 e. The first-order chi connectivity index (χ1) is 30.5. The Morgan fingerprint density at radius 2 is 0.871 bits per heavy atom. The van der Waals surface area contributed by atoms with Crippen molar-refractivity contribution in [2.24, 2.45) is 0 Å². The van der Waals surface area contributed by atoms with E-state index in [4.69, 9.17) is 4.74 Å². The molecule has 0 aliphatic rings. The van der Waals surface area contributed by atoms with Gasteiger partial charge in [-0.15, -0.1) is 0 Å². The Morgan fingerprint density at radius 3 is 1.31 bits per heavy atom. The number of nitrogens with one attached hydrogen (secondary N) is 1. The van der Waals surface area contributed by atoms with Crippen LogP contribution in [0.4, 0.5) is 0 Å². The van der Waals surface area contributed by atoms with Gasteiger partial charge in [0.2, 0.25) is 5.91 Å². The number of hydrogen-bond donors (Lipinski definition) is 3. The first-order valence-electron chi connectivity index (χ1n) is 27.6. The molecule has 6 nitrogen and oxygen atoms in total. The van der Waals surface area contributed by atoms with Gasteiger partial charge in [-0.1, -0.05) is 257 Å². The Bertz CT molecular complexity index is 981. The molecule has 0 aliphatic carbocycles. The standard InChI is InChI=1S/C56H107NO5/c1-4-7-10-13-16-19-22-25-27-28-29-30-33-36-39-42-45-48-54(59)53(51-58)57-55(60)50-52(47-44-41-38-35-32-24-21-18-15-12-9-6-3)62-56(61)49-46-43-40-37-34-31-26-23-20-17-14-11-8-5-2/h9,12,18,21,52-54,58-59H,4-8,10-11,13-17,19-20,22-51H2,1-3H3,(H,57,60)/b12-9+,21-18+. The summed E-state index contributed by atoms with van der Waals surface area (Å²) in [5.74, 6) is -0.472. The molecule has 0 heterocycles. The lowest BCUT2D eigenvalue weighted by atomic mass is 10.0. The number of carbonyl (C=O) groups is 2. The van der Waals surface area contributed by atoms with E-state index < -0.39 is 18.2 Å². The average Bonchev–Trinajstić information content (AvgIpc) is 3.26. The number of esters is 1. The van der Waals surface area contributed by atoms with Crippen LogP contribution >= 0.6 is 0 Å². The minimum atomic E-state index is -0.788. The van der Waals surface area contributed by atoms with Crippen LogP contribution in [-0.4, -0.2) is 46.9 Å². The van der Waals surface area contributed by atoms with E-state index in [1.54, 1.807) is 0 Å². The number of aliphatic hydroxyl groups excluding tert-OH is 2. The van der Waals surface area contributed by atoms with Crippen molar-refractivity contribution in [3.8, 4) is 0 Å². The Kier molecular flexibility index (Phi) is 49.0. The molecule has 0 aromatic heterocycles. The monoisotopic (exact) mass is 874 g/mol. The summed E-state index contributed by atoms with van der Waals surface area (Å²) in [5.41, 5.74) is 0. The summed E-state index contributed by atoms with van der Waals surface area (Å²) in [5, 5.41) is 23.8. The van der Waals surface area contributed by atoms with E-state index in [0.29, 0.717) is 19.3 Å². The van der Waals surface area contributed by atoms with Crippen molar-refractivity contribution in [3.05, 3.63) is 24.3 Å². The van der Waals surface area contributed by atoms with Crippen LogP contribution < -0.4 is 5.32 Å². The number of ether oxygens (including phenoxy) is 1. The van der Waals surface area contributed by atoms with Gasteiger partial charge in [0.15, 0.2) is 0 Å². The summed E-state index contributed by atoms with van der Waals surface area (Å²) in [6.07, 6.45) is 58.2. The second-order valence-electron chi connectivity index (χ2n) is 19.0. The van der Waals surface area contributed by atoms with E-state index in [1.807, 2.05) is 0 Å². The molecule has 0 rings (SSSR count). The van der Waals surface area contributed by atoms with Crippen LogP contribution in [0.25, 0.3) is 0 Å². The number of rotatable bonds is 50. The fourth-order valence-corrected chi connectivity index (χ4v) is 8.65. The molecule has 0 aromatic carbocycles. The van der Waals surface area contributed by atoms with Crippen LogP contribution in [0.3, 0.4) is 0 Å². The summed E-state index contributed by atoms with van der Waals surface area (Å²) in [6.45, 7) is 6.41. The van der Waals surface area contributed by atoms with Crippen molar-refractivity contribution in [1.82, 2.24) is 5.32 Å². The maximum atomic E-state index is 13.2. The number of unbranched alkanes of at least 4 members (excludes halogenated alkanes) is 34. The van der Waals surface area contributed by atoms with Gasteiger partial charge >= 0.3 is 5.97 Å². The quantitative estimate of drug-likeness (QED) is 0.0321. The highest BCUT2D eigenvalue weighted by Gasteiger charge is 2.24. The van der Waals surface area contributed by atoms with E-state index >= 15 is 0 Å². The predicted octanol–water partition coefficient (Wildman–Crippen LogP) is 16.7. The van der Waals surface area contributed by atoms with Gasteiger partial charge in [-0.05, 0) is 51.4 Å². The molecule has 6 heteroatoms. The highest BCUT2D eigenvalue weighted by atomic mass is 16.5. The van der Waals surface area contributed by atoms with Gasteiger partial charge in [-0.2, -0.15) is 0 Å². The summed E-state index contributed by atoms with van der Waals surface area (Å²) >= 11 is 0. The number of hydrogen-bond acceptors (Lipinski definition) is 5. The van der Waals surface area contributed by atoms with Crippen molar-refractivity contribution < 1.29 is 24.5 Å². The van der Waals surface area contributed by atoms with Crippen molar-refractivity contribution >= 4 is 11.9 Å². The van der Waals surface area contributed by atoms with E-state index in [2.05, 4.69) is 50.4 Å². The molecule has 0 bridgehead atoms. The molecular weight excluding hydrogens is 767 g/mol. The Balaban J connectivity index is 4.46. The van der Waals surface area contributed by atoms with E-state index in [0.717, 1.165) is 70.6 Å². The Labute approximate surface area is 386 Å². The molecule has 0 saturated carbocycles. The van der Waals surface area contributed by atoms with Gasteiger partial charge in [0.1, 0.15) is 6.10 Å². The van der Waals surface area contributed by atoms with Gasteiger partial charge < -0.3 is 20.3 Å². The Morgan fingerprint density at radius 1 is 0.484 bits per heavy atom. The van der Waals surface area contributed by atoms with Crippen molar-refractivity contribution in [3.63, 3.8) is 0 Å². The number of amides is 1. The first-order valence-corrected chi connectivity index (χ1v) is 27.6. The SMILES string of the molecule is CC/C=C/C/C=C/CCCCCCCC(CC(=O)NC(CO)C(O)CCCCCCCCCCCCCCCCCCC)OC(=O)CCCCCCCCCCCCCCCC. The van der Waals surface area contributed by atoms with Crippen LogP contribution in [0.1, 0.15) is 297 Å². The molecular formula is C56H107NO5. The van der Waals surface area contributed by atoms with Gasteiger partial charge in [-0.25, -0.2) is 0 Å². The largest absolute Gasteiger partial charge is 0.462 e. The maximum Gasteiger partial charge on any atom is 0.306 e. The third-order valence-electron chi connectivity index (χ3n) is 12.8. The molecule has 0 fully saturated rings. The lowest BCUT2D eigenvalue weighted by Crippen LogP contribution is -2.46. The fraction of sp³-hybridized carbons (Fsp3) is 0.893. The molecule has 0 saturated heterocycles. The second kappa shape index (κ2) is 50.3. The zero-order valence-electron chi connectivity index (χ0n) is 41.8. The van der Waals surface area contributed by atoms with E-state index in [-0.39, 0.29) is 24.9 Å². The highest BCUT2D eigenvalue weighted by molar-refractivity contribution is 5.77.